The van der Waals surface area contributed by atoms with E-state index in [1.165, 1.54) is 0 Å². The van der Waals surface area contributed by atoms with Gasteiger partial charge in [-0.25, -0.2) is 4.99 Å². The molecule has 0 fully saturated rings. The summed E-state index contributed by atoms with van der Waals surface area (Å²) in [6.07, 6.45) is 1.33. The van der Waals surface area contributed by atoms with Gasteiger partial charge < -0.3 is 29.7 Å². The van der Waals surface area contributed by atoms with E-state index >= 15 is 0 Å². The maximum Gasteiger partial charge on any atom is 0.191 e. The van der Waals surface area contributed by atoms with E-state index < -0.39 is 6.10 Å². The lowest BCUT2D eigenvalue weighted by Gasteiger charge is -2.17. The van der Waals surface area contributed by atoms with Crippen LogP contribution in [0.1, 0.15) is 62.7 Å². The highest BCUT2D eigenvalue weighted by Gasteiger charge is 2.14. The van der Waals surface area contributed by atoms with Gasteiger partial charge in [-0.3, -0.25) is 0 Å². The first-order valence-corrected chi connectivity index (χ1v) is 10.4. The molecule has 1 aromatic heterocycles. The van der Waals surface area contributed by atoms with E-state index in [-0.39, 0.29) is 6.54 Å². The van der Waals surface area contributed by atoms with Gasteiger partial charge in [0.25, 0.3) is 0 Å². The van der Waals surface area contributed by atoms with E-state index in [0.717, 1.165) is 29.9 Å². The van der Waals surface area contributed by atoms with Crippen molar-refractivity contribution in [3.63, 3.8) is 0 Å². The molecule has 0 bridgehead atoms. The molecule has 2 rings (SSSR count). The van der Waals surface area contributed by atoms with Crippen LogP contribution in [0.3, 0.4) is 0 Å². The number of rotatable bonds is 11. The summed E-state index contributed by atoms with van der Waals surface area (Å²) in [5, 5.41) is 21.1. The summed E-state index contributed by atoms with van der Waals surface area (Å²) in [5.74, 6) is 2.92. The zero-order chi connectivity index (χ0) is 21.9. The number of nitrogens with zero attached hydrogens (tertiary/aromatic N) is 2. The summed E-state index contributed by atoms with van der Waals surface area (Å²) >= 11 is 0. The maximum atomic E-state index is 10.6. The number of methoxy groups -OCH3 is 2. The van der Waals surface area contributed by atoms with Crippen LogP contribution in [0.15, 0.2) is 33.8 Å². The summed E-state index contributed by atoms with van der Waals surface area (Å²) in [6.45, 7) is 7.65. The van der Waals surface area contributed by atoms with Crippen LogP contribution in [-0.2, 0) is 6.54 Å². The lowest BCUT2D eigenvalue weighted by molar-refractivity contribution is 0.180. The minimum absolute atomic E-state index is 0.288. The highest BCUT2D eigenvalue weighted by Crippen LogP contribution is 2.29. The number of hydrogen-bond acceptors (Lipinski definition) is 6. The smallest absolute Gasteiger partial charge is 0.191 e. The second kappa shape index (κ2) is 12.1. The number of benzene rings is 1. The molecule has 166 valence electrons. The number of hydrogen-bond donors (Lipinski definition) is 3. The fraction of sp³-hybridized carbons (Fsp3) is 0.545. The fourth-order valence-electron chi connectivity index (χ4n) is 3.17. The van der Waals surface area contributed by atoms with E-state index in [1.54, 1.807) is 26.4 Å². The second-order valence-electron chi connectivity index (χ2n) is 6.94. The fourth-order valence-corrected chi connectivity index (χ4v) is 3.17. The molecule has 0 saturated carbocycles. The molecule has 2 aromatic rings. The molecule has 0 amide bonds. The van der Waals surface area contributed by atoms with E-state index in [4.69, 9.17) is 14.0 Å². The molecule has 0 spiro atoms. The molecular formula is C22H34N4O4. The Morgan fingerprint density at radius 2 is 1.83 bits per heavy atom. The molecule has 0 radical (unpaired) electrons. The van der Waals surface area contributed by atoms with Crippen molar-refractivity contribution in [2.24, 2.45) is 4.99 Å². The Hall–Kier alpha value is -2.74. The predicted octanol–water partition coefficient (Wildman–Crippen LogP) is 3.38. The molecule has 1 heterocycles. The van der Waals surface area contributed by atoms with Gasteiger partial charge in [-0.1, -0.05) is 25.1 Å². The van der Waals surface area contributed by atoms with Gasteiger partial charge in [0, 0.05) is 25.1 Å². The number of ether oxygens (including phenoxy) is 2. The maximum absolute atomic E-state index is 10.6. The molecule has 0 aliphatic heterocycles. The standard InChI is InChI=1S/C22H34N4O4/c1-6-15(7-2)18-12-17(30-26-18)13-24-22(23-8-3)25-14-19(27)16-9-10-20(28-4)21(11-16)29-5/h9-12,15,19,27H,6-8,13-14H2,1-5H3,(H2,23,24,25). The van der Waals surface area contributed by atoms with Gasteiger partial charge in [0.15, 0.2) is 23.2 Å². The van der Waals surface area contributed by atoms with E-state index in [2.05, 4.69) is 34.6 Å². The summed E-state index contributed by atoms with van der Waals surface area (Å²) in [6, 6.07) is 7.33. The van der Waals surface area contributed by atoms with Crippen molar-refractivity contribution in [3.05, 3.63) is 41.3 Å². The van der Waals surface area contributed by atoms with Crippen LogP contribution in [0.2, 0.25) is 0 Å². The number of aliphatic hydroxyl groups excluding tert-OH is 1. The molecule has 1 unspecified atom stereocenters. The van der Waals surface area contributed by atoms with Crippen molar-refractivity contribution >= 4 is 5.96 Å². The lowest BCUT2D eigenvalue weighted by Crippen LogP contribution is -2.39. The van der Waals surface area contributed by atoms with Gasteiger partial charge in [0.1, 0.15) is 6.54 Å². The van der Waals surface area contributed by atoms with Gasteiger partial charge in [-0.05, 0) is 37.5 Å². The zero-order valence-electron chi connectivity index (χ0n) is 18.6. The summed E-state index contributed by atoms with van der Waals surface area (Å²) < 4.78 is 16.0. The first kappa shape index (κ1) is 23.5. The lowest BCUT2D eigenvalue weighted by atomic mass is 9.99. The quantitative estimate of drug-likeness (QED) is 0.380. The molecule has 0 aliphatic carbocycles. The van der Waals surface area contributed by atoms with Crippen LogP contribution in [0.4, 0.5) is 0 Å². The average Bonchev–Trinajstić information content (AvgIpc) is 3.24. The highest BCUT2D eigenvalue weighted by atomic mass is 16.5. The van der Waals surface area contributed by atoms with Crippen molar-refractivity contribution in [1.82, 2.24) is 15.8 Å². The second-order valence-corrected chi connectivity index (χ2v) is 6.94. The minimum atomic E-state index is -0.736. The number of aromatic nitrogens is 1. The first-order valence-electron chi connectivity index (χ1n) is 10.4. The number of aliphatic imine (C=N–C) groups is 1. The number of nitrogens with one attached hydrogen (secondary N) is 2. The molecule has 30 heavy (non-hydrogen) atoms. The third kappa shape index (κ3) is 6.38. The van der Waals surface area contributed by atoms with Crippen LogP contribution < -0.4 is 20.1 Å². The van der Waals surface area contributed by atoms with Crippen LogP contribution in [0.25, 0.3) is 0 Å². The van der Waals surface area contributed by atoms with Crippen molar-refractivity contribution < 1.29 is 19.1 Å². The van der Waals surface area contributed by atoms with E-state index in [0.29, 0.717) is 36.5 Å². The first-order chi connectivity index (χ1) is 14.6. The monoisotopic (exact) mass is 418 g/mol. The number of aliphatic hydroxyl groups is 1. The van der Waals surface area contributed by atoms with Gasteiger partial charge in [0.05, 0.1) is 26.0 Å². The Bertz CT molecular complexity index is 802. The average molecular weight is 419 g/mol. The van der Waals surface area contributed by atoms with Gasteiger partial charge in [-0.2, -0.15) is 0 Å². The van der Waals surface area contributed by atoms with Crippen molar-refractivity contribution in [3.8, 4) is 11.5 Å². The van der Waals surface area contributed by atoms with Crippen LogP contribution in [0.5, 0.6) is 11.5 Å². The van der Waals surface area contributed by atoms with Crippen molar-refractivity contribution in [1.29, 1.82) is 0 Å². The summed E-state index contributed by atoms with van der Waals surface area (Å²) in [7, 11) is 3.15. The normalized spacial score (nSPS) is 12.7. The molecule has 1 atom stereocenters. The molecule has 8 heteroatoms. The predicted molar refractivity (Wildman–Crippen MR) is 117 cm³/mol. The van der Waals surface area contributed by atoms with Crippen LogP contribution in [0, 0.1) is 0 Å². The molecule has 0 saturated heterocycles. The molecule has 1 aromatic carbocycles. The summed E-state index contributed by atoms with van der Waals surface area (Å²) in [5.41, 5.74) is 1.70. The Balaban J connectivity index is 1.99. The topological polar surface area (TPSA) is 101 Å². The third-order valence-corrected chi connectivity index (χ3v) is 4.97. The Morgan fingerprint density at radius 3 is 2.47 bits per heavy atom. The van der Waals surface area contributed by atoms with Crippen LogP contribution in [-0.4, -0.2) is 43.5 Å². The minimum Gasteiger partial charge on any atom is -0.493 e. The van der Waals surface area contributed by atoms with E-state index in [9.17, 15) is 5.11 Å². The summed E-state index contributed by atoms with van der Waals surface area (Å²) in [4.78, 5) is 4.54. The Kier molecular flexibility index (Phi) is 9.47. The van der Waals surface area contributed by atoms with Crippen molar-refractivity contribution in [2.75, 3.05) is 27.3 Å². The largest absolute Gasteiger partial charge is 0.493 e. The van der Waals surface area contributed by atoms with E-state index in [1.807, 2.05) is 19.1 Å². The number of guanidine groups is 1. The SMILES string of the molecule is CCNC(=NCc1cc(C(CC)CC)no1)NCC(O)c1ccc(OC)c(OC)c1. The van der Waals surface area contributed by atoms with Gasteiger partial charge >= 0.3 is 0 Å². The third-order valence-electron chi connectivity index (χ3n) is 4.97. The Labute approximate surface area is 178 Å². The van der Waals surface area contributed by atoms with Gasteiger partial charge in [-0.15, -0.1) is 0 Å². The highest BCUT2D eigenvalue weighted by molar-refractivity contribution is 5.79. The van der Waals surface area contributed by atoms with Gasteiger partial charge in [0.2, 0.25) is 0 Å². The molecule has 3 N–H and O–H groups in total. The zero-order valence-corrected chi connectivity index (χ0v) is 18.6. The molecular weight excluding hydrogens is 384 g/mol. The van der Waals surface area contributed by atoms with Crippen LogP contribution >= 0.6 is 0 Å². The molecule has 0 aliphatic rings. The van der Waals surface area contributed by atoms with Crippen molar-refractivity contribution in [2.45, 2.75) is 52.2 Å². The Morgan fingerprint density at radius 1 is 1.10 bits per heavy atom. The molecule has 8 nitrogen and oxygen atoms in total.